The third-order valence-electron chi connectivity index (χ3n) is 5.54. The Labute approximate surface area is 191 Å². The minimum Gasteiger partial charge on any atom is -0.379 e. The fraction of sp³-hybridized carbons (Fsp3) is 0.167. The Kier molecular flexibility index (Phi) is 5.67. The second-order valence-corrected chi connectivity index (χ2v) is 9.57. The van der Waals surface area contributed by atoms with Crippen LogP contribution < -0.4 is 5.32 Å². The van der Waals surface area contributed by atoms with Gasteiger partial charge in [-0.15, -0.1) is 0 Å². The minimum atomic E-state index is -3.61. The molecule has 0 atom stereocenters. The van der Waals surface area contributed by atoms with Crippen LogP contribution in [0.15, 0.2) is 84.0 Å². The van der Waals surface area contributed by atoms with Gasteiger partial charge < -0.3 is 14.5 Å². The monoisotopic (exact) mass is 462 g/mol. The van der Waals surface area contributed by atoms with E-state index in [-0.39, 0.29) is 10.8 Å². The van der Waals surface area contributed by atoms with E-state index in [0.717, 1.165) is 16.9 Å². The second-order valence-electron chi connectivity index (χ2n) is 7.63. The van der Waals surface area contributed by atoms with Crippen molar-refractivity contribution in [1.82, 2.24) is 13.7 Å². The van der Waals surface area contributed by atoms with E-state index in [2.05, 4.69) is 10.3 Å². The largest absolute Gasteiger partial charge is 0.379 e. The highest BCUT2D eigenvalue weighted by atomic mass is 32.2. The summed E-state index contributed by atoms with van der Waals surface area (Å²) >= 11 is 0. The van der Waals surface area contributed by atoms with Crippen LogP contribution in [-0.4, -0.2) is 54.3 Å². The quantitative estimate of drug-likeness (QED) is 0.491. The number of nitrogens with zero attached hydrogens (tertiary/aromatic N) is 3. The molecule has 0 unspecified atom stereocenters. The van der Waals surface area contributed by atoms with E-state index in [0.29, 0.717) is 37.6 Å². The van der Waals surface area contributed by atoms with Crippen molar-refractivity contribution in [2.24, 2.45) is 0 Å². The van der Waals surface area contributed by atoms with E-state index in [1.54, 1.807) is 0 Å². The van der Waals surface area contributed by atoms with Crippen molar-refractivity contribution in [3.63, 3.8) is 0 Å². The number of anilines is 1. The molecule has 0 bridgehead atoms. The number of fused-ring (bicyclic) bond motifs is 1. The minimum absolute atomic E-state index is 0.158. The lowest BCUT2D eigenvalue weighted by atomic mass is 10.1. The number of hydrogen-bond acceptors (Lipinski definition) is 5. The van der Waals surface area contributed by atoms with Crippen LogP contribution in [0.4, 0.5) is 5.69 Å². The summed E-state index contributed by atoms with van der Waals surface area (Å²) < 4.78 is 34.1. The van der Waals surface area contributed by atoms with Gasteiger partial charge in [-0.1, -0.05) is 24.3 Å². The Balaban J connectivity index is 1.37. The van der Waals surface area contributed by atoms with E-state index in [4.69, 9.17) is 4.74 Å². The standard InChI is InChI=1S/C24H22N4O4S/c29-24(18-8-10-19(11-9-18)33(30,31)28-13-15-32-16-14-28)26-21-6-2-1-5-20(21)22-17-27-12-4-3-7-23(27)25-22/h1-12,17H,13-16H2,(H,26,29). The average Bonchev–Trinajstić information content (AvgIpc) is 3.29. The van der Waals surface area contributed by atoms with Gasteiger partial charge in [-0.3, -0.25) is 4.79 Å². The molecule has 1 aliphatic heterocycles. The third-order valence-corrected chi connectivity index (χ3v) is 7.45. The fourth-order valence-electron chi connectivity index (χ4n) is 3.79. The molecule has 5 rings (SSSR count). The molecular weight excluding hydrogens is 440 g/mol. The summed E-state index contributed by atoms with van der Waals surface area (Å²) in [4.78, 5) is 17.7. The Bertz CT molecular complexity index is 1370. The molecule has 33 heavy (non-hydrogen) atoms. The Morgan fingerprint density at radius 2 is 1.67 bits per heavy atom. The van der Waals surface area contributed by atoms with Gasteiger partial charge in [0.2, 0.25) is 10.0 Å². The number of para-hydroxylation sites is 1. The molecule has 2 aromatic carbocycles. The molecule has 8 nitrogen and oxygen atoms in total. The maximum Gasteiger partial charge on any atom is 0.255 e. The maximum absolute atomic E-state index is 12.9. The molecule has 1 fully saturated rings. The second kappa shape index (κ2) is 8.78. The SMILES string of the molecule is O=C(Nc1ccccc1-c1cn2ccccc2n1)c1ccc(S(=O)(=O)N2CCOCC2)cc1. The van der Waals surface area contributed by atoms with Crippen LogP contribution >= 0.6 is 0 Å². The van der Waals surface area contributed by atoms with Crippen molar-refractivity contribution in [3.05, 3.63) is 84.7 Å². The molecule has 0 saturated carbocycles. The number of nitrogens with one attached hydrogen (secondary N) is 1. The first-order valence-corrected chi connectivity index (χ1v) is 12.0. The molecule has 1 N–H and O–H groups in total. The number of carbonyl (C=O) groups is 1. The van der Waals surface area contributed by atoms with Crippen molar-refractivity contribution in [2.75, 3.05) is 31.6 Å². The lowest BCUT2D eigenvalue weighted by molar-refractivity contribution is 0.0730. The predicted molar refractivity (Wildman–Crippen MR) is 125 cm³/mol. The number of amides is 1. The maximum atomic E-state index is 12.9. The summed E-state index contributed by atoms with van der Waals surface area (Å²) in [7, 11) is -3.61. The van der Waals surface area contributed by atoms with Crippen molar-refractivity contribution in [1.29, 1.82) is 0 Å². The number of carbonyl (C=O) groups excluding carboxylic acids is 1. The zero-order valence-electron chi connectivity index (χ0n) is 17.7. The van der Waals surface area contributed by atoms with Crippen LogP contribution in [0.5, 0.6) is 0 Å². The molecule has 2 aromatic heterocycles. The Morgan fingerprint density at radius 1 is 0.939 bits per heavy atom. The summed E-state index contributed by atoms with van der Waals surface area (Å²) in [6.07, 6.45) is 3.82. The number of pyridine rings is 1. The third kappa shape index (κ3) is 4.25. The van der Waals surface area contributed by atoms with Gasteiger partial charge in [0.1, 0.15) is 5.65 Å². The molecule has 1 amide bonds. The molecule has 3 heterocycles. The summed E-state index contributed by atoms with van der Waals surface area (Å²) in [5.41, 5.74) is 3.33. The predicted octanol–water partition coefficient (Wildman–Crippen LogP) is 3.27. The highest BCUT2D eigenvalue weighted by molar-refractivity contribution is 7.89. The molecule has 1 saturated heterocycles. The number of imidazole rings is 1. The highest BCUT2D eigenvalue weighted by Crippen LogP contribution is 2.28. The van der Waals surface area contributed by atoms with E-state index in [9.17, 15) is 13.2 Å². The van der Waals surface area contributed by atoms with Crippen molar-refractivity contribution < 1.29 is 17.9 Å². The smallest absolute Gasteiger partial charge is 0.255 e. The van der Waals surface area contributed by atoms with Gasteiger partial charge in [0.25, 0.3) is 5.91 Å². The van der Waals surface area contributed by atoms with Crippen LogP contribution in [0.25, 0.3) is 16.9 Å². The number of sulfonamides is 1. The van der Waals surface area contributed by atoms with Gasteiger partial charge in [-0.2, -0.15) is 4.31 Å². The zero-order valence-corrected chi connectivity index (χ0v) is 18.5. The number of morpholine rings is 1. The first-order valence-electron chi connectivity index (χ1n) is 10.5. The lowest BCUT2D eigenvalue weighted by Gasteiger charge is -2.26. The van der Waals surface area contributed by atoms with E-state index in [1.807, 2.05) is 59.3 Å². The Morgan fingerprint density at radius 3 is 2.42 bits per heavy atom. The number of hydrogen-bond donors (Lipinski definition) is 1. The lowest BCUT2D eigenvalue weighted by Crippen LogP contribution is -2.40. The number of rotatable bonds is 5. The Hall–Kier alpha value is -3.53. The molecule has 9 heteroatoms. The van der Waals surface area contributed by atoms with Crippen LogP contribution in [0.2, 0.25) is 0 Å². The van der Waals surface area contributed by atoms with Crippen molar-refractivity contribution in [2.45, 2.75) is 4.90 Å². The van der Waals surface area contributed by atoms with Gasteiger partial charge in [-0.25, -0.2) is 13.4 Å². The molecule has 0 radical (unpaired) electrons. The van der Waals surface area contributed by atoms with E-state index in [1.165, 1.54) is 28.6 Å². The van der Waals surface area contributed by atoms with Gasteiger partial charge in [0.15, 0.2) is 0 Å². The number of benzene rings is 2. The van der Waals surface area contributed by atoms with Crippen LogP contribution in [0.1, 0.15) is 10.4 Å². The topological polar surface area (TPSA) is 93.0 Å². The van der Waals surface area contributed by atoms with Gasteiger partial charge in [-0.05, 0) is 42.5 Å². The van der Waals surface area contributed by atoms with Gasteiger partial charge in [0, 0.05) is 36.6 Å². The zero-order chi connectivity index (χ0) is 22.8. The molecule has 168 valence electrons. The van der Waals surface area contributed by atoms with Gasteiger partial charge in [0.05, 0.1) is 29.5 Å². The molecule has 4 aromatic rings. The molecular formula is C24H22N4O4S. The van der Waals surface area contributed by atoms with Crippen molar-refractivity contribution >= 4 is 27.3 Å². The van der Waals surface area contributed by atoms with Crippen LogP contribution in [-0.2, 0) is 14.8 Å². The van der Waals surface area contributed by atoms with Crippen molar-refractivity contribution in [3.8, 4) is 11.3 Å². The summed E-state index contributed by atoms with van der Waals surface area (Å²) in [5.74, 6) is -0.332. The van der Waals surface area contributed by atoms with E-state index < -0.39 is 10.0 Å². The summed E-state index contributed by atoms with van der Waals surface area (Å²) in [6, 6.07) is 19.2. The fourth-order valence-corrected chi connectivity index (χ4v) is 5.20. The average molecular weight is 463 g/mol. The van der Waals surface area contributed by atoms with Crippen LogP contribution in [0, 0.1) is 0 Å². The highest BCUT2D eigenvalue weighted by Gasteiger charge is 2.26. The first-order chi connectivity index (χ1) is 16.0. The van der Waals surface area contributed by atoms with E-state index >= 15 is 0 Å². The number of aromatic nitrogens is 2. The first kappa shape index (κ1) is 21.3. The van der Waals surface area contributed by atoms with Crippen LogP contribution in [0.3, 0.4) is 0 Å². The molecule has 1 aliphatic rings. The number of ether oxygens (including phenoxy) is 1. The summed E-state index contributed by atoms with van der Waals surface area (Å²) in [6.45, 7) is 1.41. The molecule has 0 spiro atoms. The summed E-state index contributed by atoms with van der Waals surface area (Å²) in [5, 5.41) is 2.93. The van der Waals surface area contributed by atoms with Gasteiger partial charge >= 0.3 is 0 Å². The molecule has 0 aliphatic carbocycles. The normalized spacial score (nSPS) is 14.9.